The van der Waals surface area contributed by atoms with Gasteiger partial charge in [-0.1, -0.05) is 12.1 Å². The van der Waals surface area contributed by atoms with Crippen molar-refractivity contribution in [3.05, 3.63) is 53.1 Å². The summed E-state index contributed by atoms with van der Waals surface area (Å²) in [6, 6.07) is 8.24. The van der Waals surface area contributed by atoms with Crippen molar-refractivity contribution in [1.82, 2.24) is 0 Å². The molecular formula is C16H14O7. The van der Waals surface area contributed by atoms with Crippen molar-refractivity contribution in [2.45, 2.75) is 6.61 Å². The molecule has 7 nitrogen and oxygen atoms in total. The lowest BCUT2D eigenvalue weighted by Gasteiger charge is -2.07. The Balaban J connectivity index is 2.03. The van der Waals surface area contributed by atoms with E-state index < -0.39 is 29.2 Å². The van der Waals surface area contributed by atoms with Gasteiger partial charge in [0.25, 0.3) is 0 Å². The molecule has 0 amide bonds. The van der Waals surface area contributed by atoms with Gasteiger partial charge in [-0.3, -0.25) is 0 Å². The normalized spacial score (nSPS) is 10.1. The molecule has 2 aromatic carbocycles. The SMILES string of the molecule is COC(=O)c1ccc(COC(=O)c2cc(O)c(O)c(O)c2)cc1. The van der Waals surface area contributed by atoms with Crippen LogP contribution in [0.15, 0.2) is 36.4 Å². The van der Waals surface area contributed by atoms with E-state index in [1.54, 1.807) is 12.1 Å². The Hall–Kier alpha value is -3.22. The van der Waals surface area contributed by atoms with E-state index in [9.17, 15) is 24.9 Å². The van der Waals surface area contributed by atoms with Crippen molar-refractivity contribution in [3.63, 3.8) is 0 Å². The van der Waals surface area contributed by atoms with Crippen LogP contribution in [0.5, 0.6) is 17.2 Å². The van der Waals surface area contributed by atoms with Crippen molar-refractivity contribution in [3.8, 4) is 17.2 Å². The fourth-order valence-electron chi connectivity index (χ4n) is 1.81. The van der Waals surface area contributed by atoms with Crippen molar-refractivity contribution in [2.75, 3.05) is 7.11 Å². The molecule has 0 saturated heterocycles. The summed E-state index contributed by atoms with van der Waals surface area (Å²) < 4.78 is 9.60. The van der Waals surface area contributed by atoms with Crippen LogP contribution in [0.25, 0.3) is 0 Å². The number of carbonyl (C=O) groups is 2. The summed E-state index contributed by atoms with van der Waals surface area (Å²) in [4.78, 5) is 23.1. The molecule has 0 aromatic heterocycles. The molecule has 0 fully saturated rings. The average Bonchev–Trinajstić information content (AvgIpc) is 2.56. The molecule has 7 heteroatoms. The molecule has 3 N–H and O–H groups in total. The fraction of sp³-hybridized carbons (Fsp3) is 0.125. The Bertz CT molecular complexity index is 712. The van der Waals surface area contributed by atoms with Crippen LogP contribution in [0.4, 0.5) is 0 Å². The van der Waals surface area contributed by atoms with Gasteiger partial charge >= 0.3 is 11.9 Å². The number of rotatable bonds is 4. The molecule has 0 aliphatic rings. The van der Waals surface area contributed by atoms with Gasteiger partial charge in [0.15, 0.2) is 17.2 Å². The minimum Gasteiger partial charge on any atom is -0.504 e. The number of benzene rings is 2. The maximum absolute atomic E-state index is 11.9. The van der Waals surface area contributed by atoms with Gasteiger partial charge in [-0.15, -0.1) is 0 Å². The number of hydrogen-bond acceptors (Lipinski definition) is 7. The number of aromatic hydroxyl groups is 3. The van der Waals surface area contributed by atoms with Crippen LogP contribution >= 0.6 is 0 Å². The van der Waals surface area contributed by atoms with Gasteiger partial charge in [-0.2, -0.15) is 0 Å². The molecule has 0 radical (unpaired) electrons. The Labute approximate surface area is 131 Å². The lowest BCUT2D eigenvalue weighted by atomic mass is 10.1. The van der Waals surface area contributed by atoms with Crippen LogP contribution in [-0.4, -0.2) is 34.4 Å². The van der Waals surface area contributed by atoms with Crippen LogP contribution in [0.2, 0.25) is 0 Å². The molecular weight excluding hydrogens is 304 g/mol. The number of phenols is 3. The highest BCUT2D eigenvalue weighted by molar-refractivity contribution is 5.91. The first-order valence-corrected chi connectivity index (χ1v) is 6.51. The van der Waals surface area contributed by atoms with E-state index in [-0.39, 0.29) is 12.2 Å². The van der Waals surface area contributed by atoms with Gasteiger partial charge in [0.1, 0.15) is 6.61 Å². The molecule has 0 bridgehead atoms. The van der Waals surface area contributed by atoms with Gasteiger partial charge in [-0.05, 0) is 29.8 Å². The predicted molar refractivity (Wildman–Crippen MR) is 78.3 cm³/mol. The molecule has 0 atom stereocenters. The fourth-order valence-corrected chi connectivity index (χ4v) is 1.81. The number of phenolic OH excluding ortho intramolecular Hbond substituents is 3. The smallest absolute Gasteiger partial charge is 0.338 e. The second kappa shape index (κ2) is 6.69. The zero-order valence-corrected chi connectivity index (χ0v) is 12.1. The topological polar surface area (TPSA) is 113 Å². The van der Waals surface area contributed by atoms with E-state index in [1.807, 2.05) is 0 Å². The zero-order valence-electron chi connectivity index (χ0n) is 12.1. The summed E-state index contributed by atoms with van der Waals surface area (Å²) in [7, 11) is 1.28. The summed E-state index contributed by atoms with van der Waals surface area (Å²) in [6.07, 6.45) is 0. The Kier molecular flexibility index (Phi) is 4.70. The Morgan fingerprint density at radius 3 is 2.00 bits per heavy atom. The number of methoxy groups -OCH3 is 1. The molecule has 0 aliphatic heterocycles. The first-order valence-electron chi connectivity index (χ1n) is 6.51. The monoisotopic (exact) mass is 318 g/mol. The van der Waals surface area contributed by atoms with Gasteiger partial charge in [0.2, 0.25) is 0 Å². The van der Waals surface area contributed by atoms with Gasteiger partial charge in [0.05, 0.1) is 18.2 Å². The van der Waals surface area contributed by atoms with Gasteiger partial charge < -0.3 is 24.8 Å². The van der Waals surface area contributed by atoms with Crippen LogP contribution in [0.3, 0.4) is 0 Å². The van der Waals surface area contributed by atoms with Crippen LogP contribution in [0, 0.1) is 0 Å². The van der Waals surface area contributed by atoms with Crippen LogP contribution < -0.4 is 0 Å². The van der Waals surface area contributed by atoms with Crippen molar-refractivity contribution >= 4 is 11.9 Å². The van der Waals surface area contributed by atoms with Crippen molar-refractivity contribution in [2.24, 2.45) is 0 Å². The van der Waals surface area contributed by atoms with Gasteiger partial charge in [-0.25, -0.2) is 9.59 Å². The van der Waals surface area contributed by atoms with Gasteiger partial charge in [0, 0.05) is 0 Å². The third-order valence-corrected chi connectivity index (χ3v) is 3.05. The summed E-state index contributed by atoms with van der Waals surface area (Å²) in [5.74, 6) is -3.21. The molecule has 2 rings (SSSR count). The maximum Gasteiger partial charge on any atom is 0.338 e. The second-order valence-corrected chi connectivity index (χ2v) is 4.63. The quantitative estimate of drug-likeness (QED) is 0.583. The highest BCUT2D eigenvalue weighted by atomic mass is 16.5. The van der Waals surface area contributed by atoms with Crippen molar-refractivity contribution in [1.29, 1.82) is 0 Å². The lowest BCUT2D eigenvalue weighted by molar-refractivity contribution is 0.0470. The Morgan fingerprint density at radius 1 is 0.913 bits per heavy atom. The molecule has 0 spiro atoms. The summed E-state index contributed by atoms with van der Waals surface area (Å²) in [5, 5.41) is 27.9. The molecule has 2 aromatic rings. The molecule has 0 aliphatic carbocycles. The van der Waals surface area contributed by atoms with Crippen LogP contribution in [-0.2, 0) is 16.1 Å². The standard InChI is InChI=1S/C16H14O7/c1-22-15(20)10-4-2-9(3-5-10)8-23-16(21)11-6-12(17)14(19)13(18)7-11/h2-7,17-19H,8H2,1H3. The van der Waals surface area contributed by atoms with E-state index in [1.165, 1.54) is 19.2 Å². The predicted octanol–water partition coefficient (Wildman–Crippen LogP) is 1.95. The average molecular weight is 318 g/mol. The molecule has 23 heavy (non-hydrogen) atoms. The molecule has 120 valence electrons. The molecule has 0 saturated carbocycles. The van der Waals surface area contributed by atoms with E-state index >= 15 is 0 Å². The van der Waals surface area contributed by atoms with Crippen molar-refractivity contribution < 1.29 is 34.4 Å². The molecule has 0 heterocycles. The summed E-state index contributed by atoms with van der Waals surface area (Å²) >= 11 is 0. The minimum atomic E-state index is -0.785. The largest absolute Gasteiger partial charge is 0.504 e. The zero-order chi connectivity index (χ0) is 17.0. The number of esters is 2. The highest BCUT2D eigenvalue weighted by Crippen LogP contribution is 2.35. The minimum absolute atomic E-state index is 0.0668. The third-order valence-electron chi connectivity index (χ3n) is 3.05. The summed E-state index contributed by atoms with van der Waals surface area (Å²) in [6.45, 7) is -0.0668. The Morgan fingerprint density at radius 2 is 1.48 bits per heavy atom. The highest BCUT2D eigenvalue weighted by Gasteiger charge is 2.15. The first kappa shape index (κ1) is 16.2. The van der Waals surface area contributed by atoms with Crippen LogP contribution in [0.1, 0.15) is 26.3 Å². The lowest BCUT2D eigenvalue weighted by Crippen LogP contribution is -2.06. The third kappa shape index (κ3) is 3.70. The maximum atomic E-state index is 11.9. The second-order valence-electron chi connectivity index (χ2n) is 4.63. The van der Waals surface area contributed by atoms with E-state index in [0.717, 1.165) is 12.1 Å². The number of carbonyl (C=O) groups excluding carboxylic acids is 2. The van der Waals surface area contributed by atoms with E-state index in [0.29, 0.717) is 11.1 Å². The summed E-state index contributed by atoms with van der Waals surface area (Å²) in [5.41, 5.74) is 0.901. The first-order chi connectivity index (χ1) is 10.9. The van der Waals surface area contributed by atoms with E-state index in [4.69, 9.17) is 4.74 Å². The number of ether oxygens (including phenoxy) is 2. The molecule has 0 unspecified atom stereocenters. The number of hydrogen-bond donors (Lipinski definition) is 3. The van der Waals surface area contributed by atoms with E-state index in [2.05, 4.69) is 4.74 Å².